The zero-order valence-electron chi connectivity index (χ0n) is 22.7. The molecular formula is C37H25N3S. The van der Waals surface area contributed by atoms with Gasteiger partial charge in [0.05, 0.1) is 0 Å². The Morgan fingerprint density at radius 2 is 1.32 bits per heavy atom. The average molecular weight is 544 g/mol. The van der Waals surface area contributed by atoms with Gasteiger partial charge in [-0.2, -0.15) is 0 Å². The summed E-state index contributed by atoms with van der Waals surface area (Å²) in [6, 6.07) is 39.8. The quantitative estimate of drug-likeness (QED) is 0.217. The van der Waals surface area contributed by atoms with E-state index in [9.17, 15) is 0 Å². The predicted molar refractivity (Wildman–Crippen MR) is 172 cm³/mol. The lowest BCUT2D eigenvalue weighted by Crippen LogP contribution is -2.15. The minimum Gasteiger partial charge on any atom is -0.282 e. The Morgan fingerprint density at radius 1 is 0.610 bits per heavy atom. The summed E-state index contributed by atoms with van der Waals surface area (Å²) in [5.41, 5.74) is 9.75. The molecule has 1 aliphatic carbocycles. The minimum absolute atomic E-state index is 0.141. The number of rotatable bonds is 2. The lowest BCUT2D eigenvalue weighted by atomic mass is 9.81. The number of fused-ring (bicyclic) bond motifs is 9. The van der Waals surface area contributed by atoms with E-state index in [4.69, 9.17) is 0 Å². The van der Waals surface area contributed by atoms with Crippen LogP contribution in [0.3, 0.4) is 0 Å². The first-order chi connectivity index (χ1) is 20.1. The molecule has 0 saturated heterocycles. The van der Waals surface area contributed by atoms with Gasteiger partial charge in [0.25, 0.3) is 0 Å². The van der Waals surface area contributed by atoms with Gasteiger partial charge in [0.2, 0.25) is 0 Å². The van der Waals surface area contributed by atoms with E-state index in [0.717, 1.165) is 22.4 Å². The molecule has 0 saturated carbocycles. The van der Waals surface area contributed by atoms with E-state index < -0.39 is 0 Å². The highest BCUT2D eigenvalue weighted by Gasteiger charge is 2.36. The summed E-state index contributed by atoms with van der Waals surface area (Å²) < 4.78 is 4.81. The van der Waals surface area contributed by atoms with Crippen LogP contribution in [0.25, 0.3) is 70.2 Å². The summed E-state index contributed by atoms with van der Waals surface area (Å²) in [5, 5.41) is 14.2. The molecule has 1 aliphatic rings. The lowest BCUT2D eigenvalue weighted by molar-refractivity contribution is 0.661. The van der Waals surface area contributed by atoms with E-state index >= 15 is 0 Å². The van der Waals surface area contributed by atoms with Crippen molar-refractivity contribution in [2.75, 3.05) is 0 Å². The third-order valence-electron chi connectivity index (χ3n) is 8.95. The Kier molecular flexibility index (Phi) is 4.55. The first-order valence-corrected chi connectivity index (χ1v) is 14.8. The number of nitrogens with zero attached hydrogens (tertiary/aromatic N) is 3. The molecule has 3 nitrogen and oxygen atoms in total. The van der Waals surface area contributed by atoms with E-state index in [1.807, 2.05) is 11.3 Å². The molecule has 0 unspecified atom stereocenters. The Balaban J connectivity index is 1.18. The van der Waals surface area contributed by atoms with Crippen LogP contribution < -0.4 is 0 Å². The second-order valence-corrected chi connectivity index (χ2v) is 12.6. The molecule has 0 atom stereocenters. The highest BCUT2D eigenvalue weighted by Crippen LogP contribution is 2.51. The highest BCUT2D eigenvalue weighted by atomic mass is 32.1. The van der Waals surface area contributed by atoms with Crippen LogP contribution in [0.15, 0.2) is 115 Å². The van der Waals surface area contributed by atoms with Crippen molar-refractivity contribution in [3.8, 4) is 33.6 Å². The van der Waals surface area contributed by atoms with E-state index in [0.29, 0.717) is 0 Å². The topological polar surface area (TPSA) is 30.2 Å². The van der Waals surface area contributed by atoms with Crippen LogP contribution in [0.5, 0.6) is 0 Å². The molecule has 3 heterocycles. The van der Waals surface area contributed by atoms with Crippen molar-refractivity contribution in [2.24, 2.45) is 0 Å². The lowest BCUT2D eigenvalue weighted by Gasteiger charge is -2.22. The van der Waals surface area contributed by atoms with Crippen molar-refractivity contribution >= 4 is 47.9 Å². The molecule has 0 N–H and O–H groups in total. The maximum atomic E-state index is 4.65. The fourth-order valence-corrected chi connectivity index (χ4v) is 8.07. The van der Waals surface area contributed by atoms with Crippen LogP contribution in [-0.2, 0) is 5.41 Å². The summed E-state index contributed by atoms with van der Waals surface area (Å²) >= 11 is 1.89. The maximum Gasteiger partial charge on any atom is 0.168 e. The Hall–Kier alpha value is -4.80. The second-order valence-electron chi connectivity index (χ2n) is 11.5. The van der Waals surface area contributed by atoms with Gasteiger partial charge in [0.1, 0.15) is 0 Å². The molecule has 0 fully saturated rings. The van der Waals surface area contributed by atoms with Crippen LogP contribution in [-0.4, -0.2) is 14.6 Å². The van der Waals surface area contributed by atoms with Gasteiger partial charge in [-0.3, -0.25) is 4.40 Å². The molecule has 194 valence electrons. The molecule has 8 aromatic rings. The van der Waals surface area contributed by atoms with E-state index in [1.165, 1.54) is 58.9 Å². The number of thiophene rings is 1. The highest BCUT2D eigenvalue weighted by molar-refractivity contribution is 7.26. The van der Waals surface area contributed by atoms with Gasteiger partial charge in [-0.1, -0.05) is 98.8 Å². The van der Waals surface area contributed by atoms with Crippen LogP contribution in [0.2, 0.25) is 0 Å². The van der Waals surface area contributed by atoms with Gasteiger partial charge in [0, 0.05) is 42.7 Å². The molecule has 0 amide bonds. The summed E-state index contributed by atoms with van der Waals surface area (Å²) in [4.78, 5) is 0. The zero-order chi connectivity index (χ0) is 27.3. The molecule has 5 aromatic carbocycles. The summed E-state index contributed by atoms with van der Waals surface area (Å²) in [6.07, 6.45) is 2.08. The zero-order valence-corrected chi connectivity index (χ0v) is 23.5. The third-order valence-corrected chi connectivity index (χ3v) is 10.2. The number of benzene rings is 5. The first-order valence-electron chi connectivity index (χ1n) is 14.0. The van der Waals surface area contributed by atoms with Crippen LogP contribution in [0.4, 0.5) is 0 Å². The summed E-state index contributed by atoms with van der Waals surface area (Å²) in [6.45, 7) is 4.70. The van der Waals surface area contributed by atoms with Crippen molar-refractivity contribution in [1.82, 2.24) is 14.6 Å². The van der Waals surface area contributed by atoms with Crippen molar-refractivity contribution in [3.05, 3.63) is 127 Å². The molecular weight excluding hydrogens is 518 g/mol. The minimum atomic E-state index is -0.141. The Morgan fingerprint density at radius 3 is 2.17 bits per heavy atom. The molecule has 41 heavy (non-hydrogen) atoms. The smallest absolute Gasteiger partial charge is 0.168 e. The second kappa shape index (κ2) is 8.12. The fraction of sp³-hybridized carbons (Fsp3) is 0.0811. The van der Waals surface area contributed by atoms with Crippen molar-refractivity contribution in [3.63, 3.8) is 0 Å². The van der Waals surface area contributed by atoms with Gasteiger partial charge < -0.3 is 0 Å². The van der Waals surface area contributed by atoms with Gasteiger partial charge in [0.15, 0.2) is 11.5 Å². The number of hydrogen-bond donors (Lipinski definition) is 0. The number of pyridine rings is 1. The number of hydrogen-bond acceptors (Lipinski definition) is 3. The van der Waals surface area contributed by atoms with Gasteiger partial charge in [-0.15, -0.1) is 21.5 Å². The molecule has 0 spiro atoms. The average Bonchev–Trinajstić information content (AvgIpc) is 3.68. The van der Waals surface area contributed by atoms with E-state index in [-0.39, 0.29) is 5.41 Å². The van der Waals surface area contributed by atoms with Gasteiger partial charge >= 0.3 is 0 Å². The maximum absolute atomic E-state index is 4.65. The van der Waals surface area contributed by atoms with Crippen LogP contribution >= 0.6 is 11.3 Å². The molecule has 4 heteroatoms. The van der Waals surface area contributed by atoms with Gasteiger partial charge in [-0.25, -0.2) is 0 Å². The summed E-state index contributed by atoms with van der Waals surface area (Å²) in [7, 11) is 0. The molecule has 0 radical (unpaired) electrons. The van der Waals surface area contributed by atoms with E-state index in [1.54, 1.807) is 0 Å². The molecule has 0 aliphatic heterocycles. The standard InChI is InChI=1S/C37H25N3S/c1-37(2)31-20-23(25-11-7-12-30-29-10-5-6-13-33(29)41-34(25)30)14-16-27(31)28-17-15-24(21-32(28)37)35-38-39-36-26-9-4-3-8-22(26)18-19-40(35)36/h3-21H,1-2H3. The SMILES string of the molecule is CC1(C)c2cc(-c3cccc4c3sc3ccccc34)ccc2-c2ccc(-c3nnc4c5ccccc5ccn34)cc21. The summed E-state index contributed by atoms with van der Waals surface area (Å²) in [5.74, 6) is 0.873. The Bertz CT molecular complexity index is 2350. The Labute approximate surface area is 241 Å². The number of aromatic nitrogens is 3. The molecule has 0 bridgehead atoms. The van der Waals surface area contributed by atoms with Crippen LogP contribution in [0, 0.1) is 0 Å². The first kappa shape index (κ1) is 23.0. The predicted octanol–water partition coefficient (Wildman–Crippen LogP) is 9.89. The van der Waals surface area contributed by atoms with Crippen molar-refractivity contribution in [2.45, 2.75) is 19.3 Å². The van der Waals surface area contributed by atoms with Crippen molar-refractivity contribution in [1.29, 1.82) is 0 Å². The van der Waals surface area contributed by atoms with Gasteiger partial charge in [-0.05, 0) is 63.0 Å². The van der Waals surface area contributed by atoms with Crippen LogP contribution in [0.1, 0.15) is 25.0 Å². The van der Waals surface area contributed by atoms with E-state index in [2.05, 4.69) is 144 Å². The monoisotopic (exact) mass is 543 g/mol. The normalized spacial score (nSPS) is 13.8. The molecule has 9 rings (SSSR count). The fourth-order valence-electron chi connectivity index (χ4n) is 6.83. The van der Waals surface area contributed by atoms with Crippen molar-refractivity contribution < 1.29 is 0 Å². The third kappa shape index (κ3) is 3.14. The largest absolute Gasteiger partial charge is 0.282 e. The molecule has 3 aromatic heterocycles.